The number of benzene rings is 2. The monoisotopic (exact) mass is 234 g/mol. The zero-order chi connectivity index (χ0) is 12.5. The normalized spacial score (nSPS) is 13.6. The summed E-state index contributed by atoms with van der Waals surface area (Å²) in [6, 6.07) is 12.2. The quantitative estimate of drug-likeness (QED) is 0.803. The topological polar surface area (TPSA) is 20.2 Å². The molecule has 17 heavy (non-hydrogen) atoms. The Balaban J connectivity index is 2.46. The van der Waals surface area contributed by atoms with Crippen LogP contribution in [0.15, 0.2) is 55.1 Å². The predicted molar refractivity (Wildman–Crippen MR) is 64.1 cm³/mol. The molecule has 0 bridgehead atoms. The Morgan fingerprint density at radius 3 is 2.41 bits per heavy atom. The van der Waals surface area contributed by atoms with Crippen LogP contribution in [0, 0.1) is 0 Å². The van der Waals surface area contributed by atoms with Crippen molar-refractivity contribution in [2.45, 2.75) is 12.0 Å². The van der Waals surface area contributed by atoms with Gasteiger partial charge in [-0.25, -0.2) is 0 Å². The molecule has 3 heteroatoms. The van der Waals surface area contributed by atoms with Crippen LogP contribution in [0.25, 0.3) is 10.8 Å². The van der Waals surface area contributed by atoms with E-state index in [0.29, 0.717) is 6.08 Å². The Morgan fingerprint density at radius 1 is 1.12 bits per heavy atom. The lowest BCUT2D eigenvalue weighted by Crippen LogP contribution is -2.23. The molecular weight excluding hydrogens is 222 g/mol. The average Bonchev–Trinajstić information content (AvgIpc) is 2.37. The molecule has 0 aliphatic carbocycles. The molecule has 0 heterocycles. The Labute approximate surface area is 98.0 Å². The zero-order valence-electron chi connectivity index (χ0n) is 9.11. The fourth-order valence-corrected chi connectivity index (χ4v) is 1.71. The van der Waals surface area contributed by atoms with Crippen LogP contribution in [0.4, 0.5) is 8.78 Å². The second kappa shape index (κ2) is 4.26. The summed E-state index contributed by atoms with van der Waals surface area (Å²) in [7, 11) is 0. The van der Waals surface area contributed by atoms with Crippen molar-refractivity contribution in [1.29, 1.82) is 0 Å². The molecule has 0 aliphatic heterocycles. The molecular formula is C14H12F2O. The van der Waals surface area contributed by atoms with Gasteiger partial charge in [0.05, 0.1) is 0 Å². The van der Waals surface area contributed by atoms with Gasteiger partial charge in [0.25, 0.3) is 5.92 Å². The number of rotatable bonds is 3. The maximum absolute atomic E-state index is 13.3. The van der Waals surface area contributed by atoms with Gasteiger partial charge in [0.15, 0.2) is 0 Å². The molecule has 0 aromatic heterocycles. The first-order chi connectivity index (χ1) is 8.04. The molecule has 0 amide bonds. The van der Waals surface area contributed by atoms with Crippen LogP contribution in [-0.4, -0.2) is 11.0 Å². The number of alkyl halides is 2. The minimum atomic E-state index is -3.32. The smallest absolute Gasteiger partial charge is 0.295 e. The van der Waals surface area contributed by atoms with Crippen LogP contribution >= 0.6 is 0 Å². The van der Waals surface area contributed by atoms with Gasteiger partial charge in [-0.15, -0.1) is 0 Å². The summed E-state index contributed by atoms with van der Waals surface area (Å²) in [5, 5.41) is 11.4. The molecule has 0 saturated carbocycles. The van der Waals surface area contributed by atoms with Crippen LogP contribution in [0.1, 0.15) is 11.7 Å². The molecule has 1 atom stereocenters. The number of fused-ring (bicyclic) bond motifs is 1. The van der Waals surface area contributed by atoms with E-state index in [-0.39, 0.29) is 5.56 Å². The lowest BCUT2D eigenvalue weighted by Gasteiger charge is -2.19. The number of hydrogen-bond acceptors (Lipinski definition) is 1. The van der Waals surface area contributed by atoms with Crippen molar-refractivity contribution in [3.05, 3.63) is 60.7 Å². The summed E-state index contributed by atoms with van der Waals surface area (Å²) in [5.41, 5.74) is 0.189. The maximum Gasteiger partial charge on any atom is 0.295 e. The highest BCUT2D eigenvalue weighted by molar-refractivity contribution is 5.83. The van der Waals surface area contributed by atoms with Gasteiger partial charge in [-0.2, -0.15) is 8.78 Å². The molecule has 1 nitrogen and oxygen atoms in total. The number of aliphatic hydroxyl groups is 1. The van der Waals surface area contributed by atoms with Crippen molar-refractivity contribution in [2.75, 3.05) is 0 Å². The molecule has 88 valence electrons. The summed E-state index contributed by atoms with van der Waals surface area (Å²) >= 11 is 0. The van der Waals surface area contributed by atoms with Crippen LogP contribution in [0.2, 0.25) is 0 Å². The van der Waals surface area contributed by atoms with Gasteiger partial charge in [-0.05, 0) is 28.5 Å². The van der Waals surface area contributed by atoms with Gasteiger partial charge in [-0.3, -0.25) is 0 Å². The first-order valence-electron chi connectivity index (χ1n) is 5.23. The van der Waals surface area contributed by atoms with E-state index in [1.165, 1.54) is 6.07 Å². The summed E-state index contributed by atoms with van der Waals surface area (Å²) in [4.78, 5) is 0. The Morgan fingerprint density at radius 2 is 1.76 bits per heavy atom. The third-order valence-electron chi connectivity index (χ3n) is 2.73. The van der Waals surface area contributed by atoms with E-state index in [9.17, 15) is 13.9 Å². The fourth-order valence-electron chi connectivity index (χ4n) is 1.71. The number of aliphatic hydroxyl groups excluding tert-OH is 1. The molecule has 2 aromatic carbocycles. The van der Waals surface area contributed by atoms with Crippen LogP contribution in [-0.2, 0) is 0 Å². The largest absolute Gasteiger partial charge is 0.382 e. The van der Waals surface area contributed by atoms with Gasteiger partial charge >= 0.3 is 0 Å². The van der Waals surface area contributed by atoms with E-state index >= 15 is 0 Å². The van der Waals surface area contributed by atoms with E-state index in [2.05, 4.69) is 6.58 Å². The van der Waals surface area contributed by atoms with Gasteiger partial charge in [0.2, 0.25) is 0 Å². The van der Waals surface area contributed by atoms with E-state index < -0.39 is 12.0 Å². The minimum absolute atomic E-state index is 0.189. The van der Waals surface area contributed by atoms with E-state index in [0.717, 1.165) is 10.8 Å². The molecule has 0 saturated heterocycles. The van der Waals surface area contributed by atoms with Gasteiger partial charge in [0, 0.05) is 0 Å². The lowest BCUT2D eigenvalue weighted by molar-refractivity contribution is -0.0711. The van der Waals surface area contributed by atoms with Crippen molar-refractivity contribution < 1.29 is 13.9 Å². The van der Waals surface area contributed by atoms with E-state index in [1.807, 2.05) is 24.3 Å². The Bertz CT molecular complexity index is 549. The second-order valence-electron chi connectivity index (χ2n) is 3.89. The average molecular weight is 234 g/mol. The van der Waals surface area contributed by atoms with Crippen molar-refractivity contribution in [3.8, 4) is 0 Å². The van der Waals surface area contributed by atoms with Crippen molar-refractivity contribution in [1.82, 2.24) is 0 Å². The highest BCUT2D eigenvalue weighted by Crippen LogP contribution is 2.33. The molecule has 2 aromatic rings. The maximum atomic E-state index is 13.3. The first-order valence-corrected chi connectivity index (χ1v) is 5.23. The lowest BCUT2D eigenvalue weighted by atomic mass is 10.00. The van der Waals surface area contributed by atoms with Crippen LogP contribution in [0.3, 0.4) is 0 Å². The van der Waals surface area contributed by atoms with Crippen molar-refractivity contribution in [3.63, 3.8) is 0 Å². The van der Waals surface area contributed by atoms with E-state index in [4.69, 9.17) is 0 Å². The third kappa shape index (κ3) is 2.19. The molecule has 1 unspecified atom stereocenters. The molecule has 2 rings (SSSR count). The van der Waals surface area contributed by atoms with Crippen LogP contribution in [0.5, 0.6) is 0 Å². The Kier molecular flexibility index (Phi) is 2.94. The van der Waals surface area contributed by atoms with Gasteiger partial charge in [0.1, 0.15) is 6.10 Å². The zero-order valence-corrected chi connectivity index (χ0v) is 9.11. The van der Waals surface area contributed by atoms with Crippen LogP contribution < -0.4 is 0 Å². The van der Waals surface area contributed by atoms with Gasteiger partial charge in [-0.1, -0.05) is 43.0 Å². The molecule has 0 spiro atoms. The number of hydrogen-bond donors (Lipinski definition) is 1. The van der Waals surface area contributed by atoms with Crippen molar-refractivity contribution >= 4 is 10.8 Å². The summed E-state index contributed by atoms with van der Waals surface area (Å²) in [6.45, 7) is 3.03. The molecule has 1 N–H and O–H groups in total. The number of halogens is 2. The van der Waals surface area contributed by atoms with E-state index in [1.54, 1.807) is 12.1 Å². The van der Waals surface area contributed by atoms with Crippen molar-refractivity contribution in [2.24, 2.45) is 0 Å². The van der Waals surface area contributed by atoms with Gasteiger partial charge < -0.3 is 5.11 Å². The highest BCUT2D eigenvalue weighted by Gasteiger charge is 2.35. The molecule has 0 radical (unpaired) electrons. The standard InChI is InChI=1S/C14H12F2O/c1-2-14(15,16)13(17)12-8-7-10-5-3-4-6-11(10)9-12/h2-9,13,17H,1H2. The Hall–Kier alpha value is -1.74. The minimum Gasteiger partial charge on any atom is -0.382 e. The highest BCUT2D eigenvalue weighted by atomic mass is 19.3. The third-order valence-corrected chi connectivity index (χ3v) is 2.73. The first kappa shape index (κ1) is 11.7. The SMILES string of the molecule is C=CC(F)(F)C(O)c1ccc2ccccc2c1. The molecule has 0 aliphatic rings. The summed E-state index contributed by atoms with van der Waals surface area (Å²) in [5.74, 6) is -3.32. The molecule has 0 fully saturated rings. The summed E-state index contributed by atoms with van der Waals surface area (Å²) in [6.07, 6.45) is -1.39. The predicted octanol–water partition coefficient (Wildman–Crippen LogP) is 3.69. The fraction of sp³-hybridized carbons (Fsp3) is 0.143. The second-order valence-corrected chi connectivity index (χ2v) is 3.89. The summed E-state index contributed by atoms with van der Waals surface area (Å²) < 4.78 is 26.5.